The summed E-state index contributed by atoms with van der Waals surface area (Å²) in [7, 11) is 1.01. The first kappa shape index (κ1) is 12.3. The van der Waals surface area contributed by atoms with E-state index < -0.39 is 20.8 Å². The molecule has 0 heterocycles. The molecular weight excluding hydrogens is 253 g/mol. The van der Waals surface area contributed by atoms with Crippen molar-refractivity contribution in [3.05, 3.63) is 34.8 Å². The van der Waals surface area contributed by atoms with Crippen LogP contribution in [0.1, 0.15) is 6.42 Å². The summed E-state index contributed by atoms with van der Waals surface area (Å²) in [5, 5.41) is 0. The predicted octanol–water partition coefficient (Wildman–Crippen LogP) is 2.89. The minimum absolute atomic E-state index is 0.344. The van der Waals surface area contributed by atoms with E-state index in [1.165, 1.54) is 0 Å². The number of halogens is 4. The van der Waals surface area contributed by atoms with Gasteiger partial charge in [-0.05, 0) is 18.6 Å². The highest BCUT2D eigenvalue weighted by molar-refractivity contribution is 8.17. The Morgan fingerprint density at radius 1 is 1.27 bits per heavy atom. The Hall–Kier alpha value is -0.750. The van der Waals surface area contributed by atoms with E-state index in [2.05, 4.69) is 0 Å². The molecular formula is C8H6ClF3O2S. The first-order chi connectivity index (χ1) is 6.71. The Labute approximate surface area is 89.1 Å². The third-order valence-corrected chi connectivity index (χ3v) is 3.08. The van der Waals surface area contributed by atoms with Crippen LogP contribution in [-0.2, 0) is 9.05 Å². The maximum atomic E-state index is 12.2. The summed E-state index contributed by atoms with van der Waals surface area (Å²) >= 11 is 0. The molecule has 84 valence electrons. The van der Waals surface area contributed by atoms with Crippen LogP contribution in [0.15, 0.2) is 34.8 Å². The molecule has 0 N–H and O–H groups in total. The third-order valence-electron chi connectivity index (χ3n) is 1.71. The van der Waals surface area contributed by atoms with Gasteiger partial charge in [-0.15, -0.1) is 0 Å². The van der Waals surface area contributed by atoms with Crippen LogP contribution in [0.4, 0.5) is 13.2 Å². The SMILES string of the molecule is O=S(=O)(Cl)C1=CC=C(C(F)(F)F)CC=C1. The average Bonchev–Trinajstić information content (AvgIpc) is 2.24. The molecule has 0 radical (unpaired) electrons. The van der Waals surface area contributed by atoms with Crippen LogP contribution < -0.4 is 0 Å². The van der Waals surface area contributed by atoms with Crippen LogP contribution in [0.3, 0.4) is 0 Å². The van der Waals surface area contributed by atoms with Crippen LogP contribution in [0.2, 0.25) is 0 Å². The third kappa shape index (κ3) is 3.39. The molecule has 7 heteroatoms. The Morgan fingerprint density at radius 3 is 2.33 bits per heavy atom. The normalized spacial score (nSPS) is 18.1. The molecule has 1 aliphatic carbocycles. The number of alkyl halides is 3. The van der Waals surface area contributed by atoms with Gasteiger partial charge in [0, 0.05) is 16.3 Å². The summed E-state index contributed by atoms with van der Waals surface area (Å²) in [6, 6.07) is 0. The molecule has 2 nitrogen and oxygen atoms in total. The molecule has 15 heavy (non-hydrogen) atoms. The van der Waals surface area contributed by atoms with Gasteiger partial charge in [-0.25, -0.2) is 8.42 Å². The molecule has 0 atom stereocenters. The second kappa shape index (κ2) is 4.02. The van der Waals surface area contributed by atoms with Crippen LogP contribution in [0, 0.1) is 0 Å². The van der Waals surface area contributed by atoms with Crippen molar-refractivity contribution in [3.63, 3.8) is 0 Å². The molecule has 0 amide bonds. The minimum atomic E-state index is -4.45. The first-order valence-electron chi connectivity index (χ1n) is 3.80. The summed E-state index contributed by atoms with van der Waals surface area (Å²) in [5.74, 6) is 0. The molecule has 0 bridgehead atoms. The van der Waals surface area contributed by atoms with Gasteiger partial charge in [0.15, 0.2) is 0 Å². The van der Waals surface area contributed by atoms with Gasteiger partial charge in [0.05, 0.1) is 4.91 Å². The number of hydrogen-bond acceptors (Lipinski definition) is 2. The lowest BCUT2D eigenvalue weighted by Gasteiger charge is -2.07. The van der Waals surface area contributed by atoms with Crippen LogP contribution in [0.25, 0.3) is 0 Å². The van der Waals surface area contributed by atoms with E-state index in [0.29, 0.717) is 0 Å². The summed E-state index contributed by atoms with van der Waals surface area (Å²) < 4.78 is 58.4. The fourth-order valence-corrected chi connectivity index (χ4v) is 1.78. The van der Waals surface area contributed by atoms with Crippen molar-refractivity contribution in [1.82, 2.24) is 0 Å². The maximum absolute atomic E-state index is 12.2. The van der Waals surface area contributed by atoms with Gasteiger partial charge in [0.25, 0.3) is 9.05 Å². The van der Waals surface area contributed by atoms with Gasteiger partial charge in [-0.3, -0.25) is 0 Å². The standard InChI is InChI=1S/C8H6ClF3O2S/c9-15(13,14)7-3-1-2-6(4-5-7)8(10,11)12/h1,3-5H,2H2. The van der Waals surface area contributed by atoms with E-state index in [-0.39, 0.29) is 11.3 Å². The van der Waals surface area contributed by atoms with Crippen molar-refractivity contribution >= 4 is 19.7 Å². The number of hydrogen-bond donors (Lipinski definition) is 0. The van der Waals surface area contributed by atoms with Gasteiger partial charge < -0.3 is 0 Å². The van der Waals surface area contributed by atoms with Gasteiger partial charge in [0.1, 0.15) is 0 Å². The van der Waals surface area contributed by atoms with Gasteiger partial charge >= 0.3 is 6.18 Å². The van der Waals surface area contributed by atoms with Crippen molar-refractivity contribution < 1.29 is 21.6 Å². The van der Waals surface area contributed by atoms with E-state index in [9.17, 15) is 21.6 Å². The monoisotopic (exact) mass is 258 g/mol. The molecule has 1 rings (SSSR count). The summed E-state index contributed by atoms with van der Waals surface area (Å²) in [6.07, 6.45) is -1.10. The van der Waals surface area contributed by atoms with Crippen LogP contribution in [-0.4, -0.2) is 14.6 Å². The van der Waals surface area contributed by atoms with Crippen molar-refractivity contribution in [2.45, 2.75) is 12.6 Å². The Bertz CT molecular complexity index is 443. The fraction of sp³-hybridized carbons (Fsp3) is 0.250. The molecule has 0 aromatic heterocycles. The van der Waals surface area contributed by atoms with E-state index in [4.69, 9.17) is 10.7 Å². The lowest BCUT2D eigenvalue weighted by atomic mass is 10.2. The quantitative estimate of drug-likeness (QED) is 0.678. The number of allylic oxidation sites excluding steroid dienone is 5. The zero-order valence-corrected chi connectivity index (χ0v) is 8.83. The summed E-state index contributed by atoms with van der Waals surface area (Å²) in [4.78, 5) is -0.344. The fourth-order valence-electron chi connectivity index (χ4n) is 0.981. The highest BCUT2D eigenvalue weighted by Gasteiger charge is 2.32. The zero-order chi connectivity index (χ0) is 11.7. The lowest BCUT2D eigenvalue weighted by molar-refractivity contribution is -0.0928. The summed E-state index contributed by atoms with van der Waals surface area (Å²) in [6.45, 7) is 0. The van der Waals surface area contributed by atoms with Crippen molar-refractivity contribution in [1.29, 1.82) is 0 Å². The first-order valence-corrected chi connectivity index (χ1v) is 6.11. The topological polar surface area (TPSA) is 34.1 Å². The highest BCUT2D eigenvalue weighted by atomic mass is 35.7. The Kier molecular flexibility index (Phi) is 3.30. The van der Waals surface area contributed by atoms with Crippen LogP contribution in [0.5, 0.6) is 0 Å². The van der Waals surface area contributed by atoms with Gasteiger partial charge in [0.2, 0.25) is 0 Å². The zero-order valence-electron chi connectivity index (χ0n) is 7.25. The molecule has 0 aromatic rings. The maximum Gasteiger partial charge on any atom is 0.412 e. The molecule has 0 aromatic carbocycles. The van der Waals surface area contributed by atoms with E-state index in [1.807, 2.05) is 0 Å². The Morgan fingerprint density at radius 2 is 1.87 bits per heavy atom. The molecule has 0 aliphatic heterocycles. The summed E-state index contributed by atoms with van der Waals surface area (Å²) in [5.41, 5.74) is -0.811. The van der Waals surface area contributed by atoms with Gasteiger partial charge in [-0.2, -0.15) is 13.2 Å². The van der Waals surface area contributed by atoms with Crippen molar-refractivity contribution in [3.8, 4) is 0 Å². The largest absolute Gasteiger partial charge is 0.412 e. The van der Waals surface area contributed by atoms with Crippen molar-refractivity contribution in [2.24, 2.45) is 0 Å². The minimum Gasteiger partial charge on any atom is -0.207 e. The van der Waals surface area contributed by atoms with E-state index in [1.54, 1.807) is 0 Å². The molecule has 0 unspecified atom stereocenters. The highest BCUT2D eigenvalue weighted by Crippen LogP contribution is 2.30. The molecule has 0 saturated heterocycles. The van der Waals surface area contributed by atoms with E-state index in [0.717, 1.165) is 24.3 Å². The average molecular weight is 259 g/mol. The van der Waals surface area contributed by atoms with E-state index >= 15 is 0 Å². The second-order valence-electron chi connectivity index (χ2n) is 2.80. The second-order valence-corrected chi connectivity index (χ2v) is 5.37. The lowest BCUT2D eigenvalue weighted by Crippen LogP contribution is -2.10. The smallest absolute Gasteiger partial charge is 0.207 e. The van der Waals surface area contributed by atoms with Crippen LogP contribution >= 0.6 is 10.7 Å². The molecule has 0 fully saturated rings. The Balaban J connectivity index is 3.12. The number of rotatable bonds is 1. The molecule has 1 aliphatic rings. The molecule has 0 saturated carbocycles. The predicted molar refractivity (Wildman–Crippen MR) is 50.8 cm³/mol. The van der Waals surface area contributed by atoms with Gasteiger partial charge in [-0.1, -0.05) is 12.2 Å². The van der Waals surface area contributed by atoms with Crippen molar-refractivity contribution in [2.75, 3.05) is 0 Å². The molecule has 0 spiro atoms.